The molecule has 2 atom stereocenters. The van der Waals surface area contributed by atoms with Crippen LogP contribution >= 0.6 is 0 Å². The van der Waals surface area contributed by atoms with Crippen LogP contribution in [0.1, 0.15) is 75.1 Å². The highest BCUT2D eigenvalue weighted by atomic mass is 19.4. The molecule has 4 rings (SSSR count). The van der Waals surface area contributed by atoms with E-state index < -0.39 is 11.7 Å². The SMILES string of the molecule is CCN(C(=O)Cc1ccc(C(F)(F)F)cc1)C1CCN(C(C)C[C@H](NC(=O)C2CCC2)c2ccccc2)CC1. The Kier molecular flexibility index (Phi) is 9.70. The molecule has 1 N–H and O–H groups in total. The number of hydrogen-bond acceptors (Lipinski definition) is 3. The van der Waals surface area contributed by atoms with Crippen molar-refractivity contribution in [3.8, 4) is 0 Å². The van der Waals surface area contributed by atoms with Gasteiger partial charge in [-0.25, -0.2) is 0 Å². The van der Waals surface area contributed by atoms with Gasteiger partial charge in [-0.2, -0.15) is 13.2 Å². The molecule has 2 aliphatic rings. The van der Waals surface area contributed by atoms with Gasteiger partial charge in [-0.05, 0) is 69.2 Å². The first-order valence-electron chi connectivity index (χ1n) is 14.2. The number of likely N-dealkylation sites (tertiary alicyclic amines) is 1. The van der Waals surface area contributed by atoms with E-state index in [1.165, 1.54) is 12.1 Å². The summed E-state index contributed by atoms with van der Waals surface area (Å²) in [4.78, 5) is 30.2. The molecule has 5 nitrogen and oxygen atoms in total. The average molecular weight is 544 g/mol. The number of likely N-dealkylation sites (N-methyl/N-ethyl adjacent to an activating group) is 1. The number of alkyl halides is 3. The summed E-state index contributed by atoms with van der Waals surface area (Å²) < 4.78 is 38.6. The van der Waals surface area contributed by atoms with Crippen LogP contribution < -0.4 is 5.32 Å². The summed E-state index contributed by atoms with van der Waals surface area (Å²) in [7, 11) is 0. The number of carbonyl (C=O) groups is 2. The Morgan fingerprint density at radius 1 is 1.00 bits per heavy atom. The average Bonchev–Trinajstić information content (AvgIpc) is 2.88. The zero-order valence-electron chi connectivity index (χ0n) is 22.9. The number of nitrogens with zero attached hydrogens (tertiary/aromatic N) is 2. The van der Waals surface area contributed by atoms with Gasteiger partial charge in [-0.15, -0.1) is 0 Å². The Balaban J connectivity index is 1.31. The van der Waals surface area contributed by atoms with Crippen LogP contribution in [0.2, 0.25) is 0 Å². The third-order valence-corrected chi connectivity index (χ3v) is 8.43. The van der Waals surface area contributed by atoms with Crippen LogP contribution in [-0.4, -0.2) is 53.3 Å². The monoisotopic (exact) mass is 543 g/mol. The Morgan fingerprint density at radius 2 is 1.64 bits per heavy atom. The van der Waals surface area contributed by atoms with Crippen LogP contribution in [0.3, 0.4) is 0 Å². The van der Waals surface area contributed by atoms with Crippen LogP contribution in [0.5, 0.6) is 0 Å². The van der Waals surface area contributed by atoms with Gasteiger partial charge in [0, 0.05) is 37.6 Å². The number of halogens is 3. The quantitative estimate of drug-likeness (QED) is 0.400. The highest BCUT2D eigenvalue weighted by Gasteiger charge is 2.32. The Hall–Kier alpha value is -2.87. The lowest BCUT2D eigenvalue weighted by Crippen LogP contribution is -2.50. The van der Waals surface area contributed by atoms with Crippen molar-refractivity contribution in [2.24, 2.45) is 5.92 Å². The topological polar surface area (TPSA) is 52.7 Å². The van der Waals surface area contributed by atoms with Crippen LogP contribution in [0.4, 0.5) is 13.2 Å². The third-order valence-electron chi connectivity index (χ3n) is 8.43. The van der Waals surface area contributed by atoms with Gasteiger partial charge >= 0.3 is 6.18 Å². The molecule has 0 aromatic heterocycles. The Morgan fingerprint density at radius 3 is 2.18 bits per heavy atom. The Bertz CT molecular complexity index is 1080. The van der Waals surface area contributed by atoms with Gasteiger partial charge in [-0.3, -0.25) is 9.59 Å². The molecular formula is C31H40F3N3O2. The minimum absolute atomic E-state index is 0.0375. The maximum absolute atomic E-state index is 13.1. The highest BCUT2D eigenvalue weighted by molar-refractivity contribution is 5.80. The first-order valence-corrected chi connectivity index (χ1v) is 14.2. The largest absolute Gasteiger partial charge is 0.416 e. The number of nitrogens with one attached hydrogen (secondary N) is 1. The summed E-state index contributed by atoms with van der Waals surface area (Å²) in [6.45, 7) is 6.44. The van der Waals surface area contributed by atoms with E-state index in [9.17, 15) is 22.8 Å². The summed E-state index contributed by atoms with van der Waals surface area (Å²) in [5, 5.41) is 3.31. The standard InChI is InChI=1S/C31H40F3N3O2/c1-3-37(29(38)21-23-12-14-26(15-13-23)31(32,33)34)27-16-18-36(19-17-27)22(2)20-28(24-8-5-4-6-9-24)35-30(39)25-10-7-11-25/h4-6,8-9,12-15,22,25,27-28H,3,7,10-11,16-21H2,1-2H3,(H,35,39)/t22?,28-/m0/s1. The molecule has 0 bridgehead atoms. The lowest BCUT2D eigenvalue weighted by molar-refractivity contribution is -0.137. The van der Waals surface area contributed by atoms with Crippen LogP contribution in [0, 0.1) is 5.92 Å². The fourth-order valence-corrected chi connectivity index (χ4v) is 5.78. The number of carbonyl (C=O) groups excluding carboxylic acids is 2. The third kappa shape index (κ3) is 7.62. The van der Waals surface area contributed by atoms with Crippen molar-refractivity contribution < 1.29 is 22.8 Å². The van der Waals surface area contributed by atoms with Crippen molar-refractivity contribution in [2.75, 3.05) is 19.6 Å². The normalized spacial score (nSPS) is 18.7. The lowest BCUT2D eigenvalue weighted by Gasteiger charge is -2.41. The molecule has 1 aliphatic carbocycles. The minimum atomic E-state index is -4.38. The fourth-order valence-electron chi connectivity index (χ4n) is 5.78. The van der Waals surface area contributed by atoms with Gasteiger partial charge in [0.2, 0.25) is 11.8 Å². The van der Waals surface area contributed by atoms with E-state index in [-0.39, 0.29) is 42.3 Å². The molecule has 0 radical (unpaired) electrons. The van der Waals surface area contributed by atoms with E-state index in [1.54, 1.807) is 0 Å². The zero-order valence-corrected chi connectivity index (χ0v) is 22.9. The van der Waals surface area contributed by atoms with Crippen molar-refractivity contribution in [3.05, 3.63) is 71.3 Å². The van der Waals surface area contributed by atoms with E-state index in [1.807, 2.05) is 30.0 Å². The molecule has 1 unspecified atom stereocenters. The van der Waals surface area contributed by atoms with Gasteiger partial charge in [0.25, 0.3) is 0 Å². The zero-order chi connectivity index (χ0) is 28.0. The second kappa shape index (κ2) is 13.0. The van der Waals surface area contributed by atoms with Crippen LogP contribution in [0.15, 0.2) is 54.6 Å². The second-order valence-electron chi connectivity index (χ2n) is 11.0. The molecule has 1 heterocycles. The van der Waals surface area contributed by atoms with Gasteiger partial charge < -0.3 is 15.1 Å². The van der Waals surface area contributed by atoms with E-state index >= 15 is 0 Å². The first-order chi connectivity index (χ1) is 18.7. The summed E-state index contributed by atoms with van der Waals surface area (Å²) in [5.74, 6) is 0.250. The van der Waals surface area contributed by atoms with Crippen molar-refractivity contribution in [1.82, 2.24) is 15.1 Å². The van der Waals surface area contributed by atoms with E-state index in [0.717, 1.165) is 69.3 Å². The summed E-state index contributed by atoms with van der Waals surface area (Å²) >= 11 is 0. The van der Waals surface area contributed by atoms with E-state index in [2.05, 4.69) is 29.3 Å². The maximum atomic E-state index is 13.1. The van der Waals surface area contributed by atoms with Crippen molar-refractivity contribution >= 4 is 11.8 Å². The lowest BCUT2D eigenvalue weighted by atomic mass is 9.84. The van der Waals surface area contributed by atoms with Gasteiger partial charge in [-0.1, -0.05) is 48.9 Å². The van der Waals surface area contributed by atoms with Gasteiger partial charge in [0.1, 0.15) is 0 Å². The predicted octanol–water partition coefficient (Wildman–Crippen LogP) is 6.00. The van der Waals surface area contributed by atoms with Crippen molar-refractivity contribution in [1.29, 1.82) is 0 Å². The predicted molar refractivity (Wildman–Crippen MR) is 146 cm³/mol. The minimum Gasteiger partial charge on any atom is -0.349 e. The number of piperidine rings is 1. The maximum Gasteiger partial charge on any atom is 0.416 e. The van der Waals surface area contributed by atoms with Crippen LogP contribution in [0.25, 0.3) is 0 Å². The van der Waals surface area contributed by atoms with Crippen LogP contribution in [-0.2, 0) is 22.2 Å². The molecule has 1 saturated heterocycles. The molecule has 2 aromatic rings. The summed E-state index contributed by atoms with van der Waals surface area (Å²) in [5.41, 5.74) is 1.01. The molecule has 2 aromatic carbocycles. The van der Waals surface area contributed by atoms with Crippen molar-refractivity contribution in [3.63, 3.8) is 0 Å². The van der Waals surface area contributed by atoms with Gasteiger partial charge in [0.15, 0.2) is 0 Å². The smallest absolute Gasteiger partial charge is 0.349 e. The van der Waals surface area contributed by atoms with Crippen molar-refractivity contribution in [2.45, 2.75) is 83.1 Å². The second-order valence-corrected chi connectivity index (χ2v) is 11.0. The summed E-state index contributed by atoms with van der Waals surface area (Å²) in [6, 6.07) is 15.4. The Labute approximate surface area is 229 Å². The highest BCUT2D eigenvalue weighted by Crippen LogP contribution is 2.31. The number of hydrogen-bond donors (Lipinski definition) is 1. The number of benzene rings is 2. The molecule has 39 heavy (non-hydrogen) atoms. The molecule has 2 fully saturated rings. The van der Waals surface area contributed by atoms with E-state index in [4.69, 9.17) is 0 Å². The molecule has 212 valence electrons. The molecule has 0 spiro atoms. The van der Waals surface area contributed by atoms with E-state index in [0.29, 0.717) is 12.1 Å². The molecule has 2 amide bonds. The number of amides is 2. The van der Waals surface area contributed by atoms with Gasteiger partial charge in [0.05, 0.1) is 18.0 Å². The molecule has 1 saturated carbocycles. The first kappa shape index (κ1) is 29.1. The summed E-state index contributed by atoms with van der Waals surface area (Å²) in [6.07, 6.45) is 1.31. The fraction of sp³-hybridized carbons (Fsp3) is 0.548. The molecular weight excluding hydrogens is 503 g/mol. The number of rotatable bonds is 10. The molecule has 1 aliphatic heterocycles. The molecule has 8 heteroatoms.